The van der Waals surface area contributed by atoms with Gasteiger partial charge in [0.15, 0.2) is 0 Å². The van der Waals surface area contributed by atoms with E-state index in [4.69, 9.17) is 5.73 Å². The molecule has 1 aromatic rings. The molecule has 2 rings (SSSR count). The van der Waals surface area contributed by atoms with Crippen LogP contribution in [-0.2, 0) is 11.2 Å². The molecule has 2 N–H and O–H groups in total. The van der Waals surface area contributed by atoms with E-state index in [9.17, 15) is 4.79 Å². The maximum Gasteiger partial charge on any atom is 0.239 e. The van der Waals surface area contributed by atoms with Crippen molar-refractivity contribution < 1.29 is 4.79 Å². The van der Waals surface area contributed by atoms with Gasteiger partial charge in [-0.05, 0) is 31.7 Å². The maximum absolute atomic E-state index is 11.8. The third kappa shape index (κ3) is 3.07. The molecule has 0 spiro atoms. The van der Waals surface area contributed by atoms with Gasteiger partial charge in [0.1, 0.15) is 0 Å². The van der Waals surface area contributed by atoms with Crippen LogP contribution in [0.5, 0.6) is 0 Å². The number of benzene rings is 1. The Kier molecular flexibility index (Phi) is 3.79. The van der Waals surface area contributed by atoms with Crippen LogP contribution in [0.3, 0.4) is 0 Å². The Labute approximate surface area is 103 Å². The summed E-state index contributed by atoms with van der Waals surface area (Å²) in [4.78, 5) is 13.7. The number of hydrogen-bond acceptors (Lipinski definition) is 2. The van der Waals surface area contributed by atoms with Crippen LogP contribution in [0, 0.1) is 6.92 Å². The Hall–Kier alpha value is -1.35. The van der Waals surface area contributed by atoms with Crippen LogP contribution in [0.2, 0.25) is 0 Å². The minimum atomic E-state index is -0.277. The van der Waals surface area contributed by atoms with E-state index in [2.05, 4.69) is 31.2 Å². The second-order valence-electron chi connectivity index (χ2n) is 4.81. The van der Waals surface area contributed by atoms with Crippen LogP contribution < -0.4 is 5.73 Å². The van der Waals surface area contributed by atoms with Crippen LogP contribution in [0.25, 0.3) is 0 Å². The summed E-state index contributed by atoms with van der Waals surface area (Å²) in [5.74, 6) is 0.115. The predicted octanol–water partition coefficient (Wildman–Crippen LogP) is 1.49. The first-order chi connectivity index (χ1) is 8.16. The van der Waals surface area contributed by atoms with Gasteiger partial charge in [-0.25, -0.2) is 0 Å². The molecule has 1 aliphatic heterocycles. The fourth-order valence-electron chi connectivity index (χ4n) is 2.32. The summed E-state index contributed by atoms with van der Waals surface area (Å²) >= 11 is 0. The number of nitrogens with two attached hydrogens (primary N) is 1. The normalized spacial score (nSPS) is 20.7. The molecule has 1 aromatic carbocycles. The zero-order valence-corrected chi connectivity index (χ0v) is 10.4. The van der Waals surface area contributed by atoms with Crippen molar-refractivity contribution in [2.75, 3.05) is 13.1 Å². The summed E-state index contributed by atoms with van der Waals surface area (Å²) in [6.45, 7) is 3.74. The molecule has 1 saturated heterocycles. The van der Waals surface area contributed by atoms with Crippen molar-refractivity contribution in [1.82, 2.24) is 4.90 Å². The fourth-order valence-corrected chi connectivity index (χ4v) is 2.32. The van der Waals surface area contributed by atoms with Crippen LogP contribution in [0.15, 0.2) is 24.3 Å². The highest BCUT2D eigenvalue weighted by molar-refractivity contribution is 5.82. The summed E-state index contributed by atoms with van der Waals surface area (Å²) < 4.78 is 0. The van der Waals surface area contributed by atoms with Gasteiger partial charge < -0.3 is 10.6 Å². The zero-order valence-electron chi connectivity index (χ0n) is 10.4. The predicted molar refractivity (Wildman–Crippen MR) is 68.7 cm³/mol. The van der Waals surface area contributed by atoms with Gasteiger partial charge in [0.25, 0.3) is 0 Å². The molecule has 0 radical (unpaired) electrons. The molecule has 1 aliphatic rings. The second kappa shape index (κ2) is 5.32. The van der Waals surface area contributed by atoms with Crippen molar-refractivity contribution in [3.8, 4) is 0 Å². The van der Waals surface area contributed by atoms with E-state index in [-0.39, 0.29) is 11.9 Å². The smallest absolute Gasteiger partial charge is 0.239 e. The first-order valence-electron chi connectivity index (χ1n) is 6.27. The van der Waals surface area contributed by atoms with E-state index in [1.54, 1.807) is 0 Å². The lowest BCUT2D eigenvalue weighted by Gasteiger charge is -2.30. The third-order valence-corrected chi connectivity index (χ3v) is 3.32. The van der Waals surface area contributed by atoms with Crippen molar-refractivity contribution in [1.29, 1.82) is 0 Å². The lowest BCUT2D eigenvalue weighted by molar-refractivity contribution is -0.134. The molecule has 0 aromatic heterocycles. The largest absolute Gasteiger partial charge is 0.341 e. The topological polar surface area (TPSA) is 46.3 Å². The van der Waals surface area contributed by atoms with Crippen LogP contribution >= 0.6 is 0 Å². The molecular weight excluding hydrogens is 212 g/mol. The van der Waals surface area contributed by atoms with Gasteiger partial charge in [-0.15, -0.1) is 0 Å². The SMILES string of the molecule is Cc1cccc(CCN2CCCC(N)C2=O)c1. The van der Waals surface area contributed by atoms with Crippen molar-refractivity contribution in [2.45, 2.75) is 32.2 Å². The number of aryl methyl sites for hydroxylation is 1. The van der Waals surface area contributed by atoms with Gasteiger partial charge in [-0.1, -0.05) is 29.8 Å². The highest BCUT2D eigenvalue weighted by Crippen LogP contribution is 2.12. The number of nitrogens with zero attached hydrogens (tertiary/aromatic N) is 1. The first-order valence-corrected chi connectivity index (χ1v) is 6.27. The Morgan fingerprint density at radius 3 is 3.06 bits per heavy atom. The van der Waals surface area contributed by atoms with E-state index < -0.39 is 0 Å². The number of likely N-dealkylation sites (tertiary alicyclic amines) is 1. The quantitative estimate of drug-likeness (QED) is 0.858. The van der Waals surface area contributed by atoms with Crippen molar-refractivity contribution in [3.05, 3.63) is 35.4 Å². The van der Waals surface area contributed by atoms with Gasteiger partial charge in [-0.2, -0.15) is 0 Å². The van der Waals surface area contributed by atoms with Crippen molar-refractivity contribution in [3.63, 3.8) is 0 Å². The molecule has 1 fully saturated rings. The maximum atomic E-state index is 11.8. The molecule has 0 aliphatic carbocycles. The number of carbonyl (C=O) groups excluding carboxylic acids is 1. The van der Waals surface area contributed by atoms with Gasteiger partial charge in [0.2, 0.25) is 5.91 Å². The van der Waals surface area contributed by atoms with Gasteiger partial charge in [0.05, 0.1) is 6.04 Å². The minimum absolute atomic E-state index is 0.115. The van der Waals surface area contributed by atoms with Crippen LogP contribution in [0.1, 0.15) is 24.0 Å². The van der Waals surface area contributed by atoms with E-state index >= 15 is 0 Å². The molecule has 0 saturated carbocycles. The summed E-state index contributed by atoms with van der Waals surface area (Å²) in [6.07, 6.45) is 2.78. The van der Waals surface area contributed by atoms with E-state index in [0.717, 1.165) is 32.4 Å². The first kappa shape index (κ1) is 12.1. The highest BCUT2D eigenvalue weighted by Gasteiger charge is 2.24. The van der Waals surface area contributed by atoms with Crippen molar-refractivity contribution >= 4 is 5.91 Å². The zero-order chi connectivity index (χ0) is 12.3. The number of rotatable bonds is 3. The Balaban J connectivity index is 1.91. The molecule has 1 heterocycles. The van der Waals surface area contributed by atoms with E-state index in [1.165, 1.54) is 11.1 Å². The molecule has 3 heteroatoms. The number of carbonyl (C=O) groups is 1. The third-order valence-electron chi connectivity index (χ3n) is 3.32. The molecule has 3 nitrogen and oxygen atoms in total. The van der Waals surface area contributed by atoms with Gasteiger partial charge in [-0.3, -0.25) is 4.79 Å². The molecule has 1 atom stereocenters. The Bertz CT molecular complexity index is 403. The van der Waals surface area contributed by atoms with Crippen LogP contribution in [-0.4, -0.2) is 29.9 Å². The van der Waals surface area contributed by atoms with E-state index in [0.29, 0.717) is 0 Å². The average Bonchev–Trinajstić information content (AvgIpc) is 2.31. The fraction of sp³-hybridized carbons (Fsp3) is 0.500. The number of piperidine rings is 1. The van der Waals surface area contributed by atoms with E-state index in [1.807, 2.05) is 4.90 Å². The standard InChI is InChI=1S/C14H20N2O/c1-11-4-2-5-12(10-11)7-9-16-8-3-6-13(15)14(16)17/h2,4-5,10,13H,3,6-9,15H2,1H3. The molecular formula is C14H20N2O. The monoisotopic (exact) mass is 232 g/mol. The average molecular weight is 232 g/mol. The second-order valence-corrected chi connectivity index (χ2v) is 4.81. The molecule has 0 bridgehead atoms. The Morgan fingerprint density at radius 2 is 2.29 bits per heavy atom. The number of hydrogen-bond donors (Lipinski definition) is 1. The minimum Gasteiger partial charge on any atom is -0.341 e. The molecule has 17 heavy (non-hydrogen) atoms. The summed E-state index contributed by atoms with van der Waals surface area (Å²) in [5, 5.41) is 0. The number of amides is 1. The molecule has 1 unspecified atom stereocenters. The lowest BCUT2D eigenvalue weighted by atomic mass is 10.0. The van der Waals surface area contributed by atoms with Gasteiger partial charge in [0, 0.05) is 13.1 Å². The van der Waals surface area contributed by atoms with Crippen molar-refractivity contribution in [2.24, 2.45) is 5.73 Å². The highest BCUT2D eigenvalue weighted by atomic mass is 16.2. The van der Waals surface area contributed by atoms with Gasteiger partial charge >= 0.3 is 0 Å². The van der Waals surface area contributed by atoms with Crippen LogP contribution in [0.4, 0.5) is 0 Å². The summed E-state index contributed by atoms with van der Waals surface area (Å²) in [5.41, 5.74) is 8.33. The summed E-state index contributed by atoms with van der Waals surface area (Å²) in [6, 6.07) is 8.16. The molecule has 1 amide bonds. The molecule has 92 valence electrons. The lowest BCUT2D eigenvalue weighted by Crippen LogP contribution is -2.48. The Morgan fingerprint density at radius 1 is 1.47 bits per heavy atom. The summed E-state index contributed by atoms with van der Waals surface area (Å²) in [7, 11) is 0.